The van der Waals surface area contributed by atoms with Crippen LogP contribution >= 0.6 is 23.1 Å². The quantitative estimate of drug-likeness (QED) is 0.819. The third-order valence-electron chi connectivity index (χ3n) is 3.44. The molecule has 2 aromatic heterocycles. The number of hydrogen-bond donors (Lipinski definition) is 1. The zero-order valence-electron chi connectivity index (χ0n) is 12.7. The molecule has 0 aromatic carbocycles. The Labute approximate surface area is 133 Å². The number of thioether (sulfide) groups is 1. The zero-order chi connectivity index (χ0) is 15.6. The molecule has 114 valence electrons. The van der Waals surface area contributed by atoms with Crippen molar-refractivity contribution in [2.75, 3.05) is 5.75 Å². The van der Waals surface area contributed by atoms with Gasteiger partial charge in [0.1, 0.15) is 0 Å². The standard InChI is InChI=1S/C15H20N2O2S2/c1-5-12-7-16-15(20-8-14(18)19)17(12)10(3)13-6-9(2)21-11(13)4/h6-7,10H,5,8H2,1-4H3,(H,18,19). The third-order valence-corrected chi connectivity index (χ3v) is 5.38. The third kappa shape index (κ3) is 3.49. The van der Waals surface area contributed by atoms with E-state index in [9.17, 15) is 4.79 Å². The SMILES string of the molecule is CCc1cnc(SCC(=O)O)n1C(C)c1cc(C)sc1C. The van der Waals surface area contributed by atoms with E-state index in [2.05, 4.69) is 43.3 Å². The van der Waals surface area contributed by atoms with Gasteiger partial charge in [-0.1, -0.05) is 18.7 Å². The average Bonchev–Trinajstić information content (AvgIpc) is 2.98. The average molecular weight is 324 g/mol. The first-order valence-electron chi connectivity index (χ1n) is 6.91. The van der Waals surface area contributed by atoms with Crippen LogP contribution in [0.4, 0.5) is 0 Å². The summed E-state index contributed by atoms with van der Waals surface area (Å²) in [5.41, 5.74) is 2.43. The molecule has 0 spiro atoms. The summed E-state index contributed by atoms with van der Waals surface area (Å²) >= 11 is 3.08. The number of imidazole rings is 1. The first kappa shape index (κ1) is 16.1. The lowest BCUT2D eigenvalue weighted by molar-refractivity contribution is -0.133. The van der Waals surface area contributed by atoms with Crippen LogP contribution in [0, 0.1) is 13.8 Å². The molecule has 1 unspecified atom stereocenters. The molecule has 1 atom stereocenters. The lowest BCUT2D eigenvalue weighted by Gasteiger charge is -2.19. The molecule has 0 radical (unpaired) electrons. The number of aryl methyl sites for hydroxylation is 3. The fourth-order valence-electron chi connectivity index (χ4n) is 2.49. The minimum atomic E-state index is -0.817. The number of aromatic nitrogens is 2. The Morgan fingerprint density at radius 2 is 2.24 bits per heavy atom. The smallest absolute Gasteiger partial charge is 0.313 e. The van der Waals surface area contributed by atoms with Gasteiger partial charge in [-0.3, -0.25) is 4.79 Å². The van der Waals surface area contributed by atoms with Gasteiger partial charge in [0.05, 0.1) is 11.8 Å². The molecule has 0 aliphatic carbocycles. The molecular weight excluding hydrogens is 304 g/mol. The molecule has 4 nitrogen and oxygen atoms in total. The van der Waals surface area contributed by atoms with E-state index in [-0.39, 0.29) is 11.8 Å². The molecule has 21 heavy (non-hydrogen) atoms. The van der Waals surface area contributed by atoms with Crippen molar-refractivity contribution >= 4 is 29.1 Å². The molecule has 0 fully saturated rings. The monoisotopic (exact) mass is 324 g/mol. The summed E-state index contributed by atoms with van der Waals surface area (Å²) < 4.78 is 2.17. The molecule has 2 aromatic rings. The van der Waals surface area contributed by atoms with E-state index in [0.717, 1.165) is 17.3 Å². The van der Waals surface area contributed by atoms with Crippen LogP contribution in [0.3, 0.4) is 0 Å². The highest BCUT2D eigenvalue weighted by Crippen LogP contribution is 2.32. The highest BCUT2D eigenvalue weighted by atomic mass is 32.2. The van der Waals surface area contributed by atoms with Crippen LogP contribution < -0.4 is 0 Å². The molecule has 0 aliphatic heterocycles. The van der Waals surface area contributed by atoms with Crippen molar-refractivity contribution in [1.29, 1.82) is 0 Å². The normalized spacial score (nSPS) is 12.6. The van der Waals surface area contributed by atoms with Crippen LogP contribution in [0.5, 0.6) is 0 Å². The van der Waals surface area contributed by atoms with E-state index >= 15 is 0 Å². The van der Waals surface area contributed by atoms with Crippen LogP contribution in [0.25, 0.3) is 0 Å². The second kappa shape index (κ2) is 6.66. The number of carbonyl (C=O) groups is 1. The Bertz CT molecular complexity index is 646. The fraction of sp³-hybridized carbons (Fsp3) is 0.467. The van der Waals surface area contributed by atoms with Crippen LogP contribution in [0.2, 0.25) is 0 Å². The van der Waals surface area contributed by atoms with Crippen LogP contribution in [0.1, 0.15) is 40.9 Å². The van der Waals surface area contributed by atoms with Gasteiger partial charge in [0.25, 0.3) is 0 Å². The molecule has 0 amide bonds. The zero-order valence-corrected chi connectivity index (χ0v) is 14.3. The minimum Gasteiger partial charge on any atom is -0.481 e. The summed E-state index contributed by atoms with van der Waals surface area (Å²) in [6.45, 7) is 8.50. The van der Waals surface area contributed by atoms with Gasteiger partial charge in [-0.15, -0.1) is 11.3 Å². The van der Waals surface area contributed by atoms with Crippen molar-refractivity contribution in [1.82, 2.24) is 9.55 Å². The van der Waals surface area contributed by atoms with Crippen LogP contribution in [-0.4, -0.2) is 26.4 Å². The maximum Gasteiger partial charge on any atom is 0.313 e. The Kier molecular flexibility index (Phi) is 5.11. The lowest BCUT2D eigenvalue weighted by Crippen LogP contribution is -2.12. The predicted molar refractivity (Wildman–Crippen MR) is 87.6 cm³/mol. The maximum absolute atomic E-state index is 10.8. The van der Waals surface area contributed by atoms with Crippen molar-refractivity contribution < 1.29 is 9.90 Å². The molecule has 0 saturated heterocycles. The van der Waals surface area contributed by atoms with Crippen LogP contribution in [0.15, 0.2) is 17.4 Å². The first-order chi connectivity index (χ1) is 9.93. The Hall–Kier alpha value is -1.27. The number of rotatable bonds is 6. The number of aliphatic carboxylic acids is 1. The molecule has 1 N–H and O–H groups in total. The first-order valence-corrected chi connectivity index (χ1v) is 8.71. The molecule has 2 rings (SSSR count). The van der Waals surface area contributed by atoms with E-state index in [1.165, 1.54) is 27.1 Å². The van der Waals surface area contributed by atoms with Crippen molar-refractivity contribution in [2.45, 2.75) is 45.3 Å². The molecular formula is C15H20N2O2S2. The van der Waals surface area contributed by atoms with Gasteiger partial charge < -0.3 is 9.67 Å². The highest BCUT2D eigenvalue weighted by molar-refractivity contribution is 7.99. The molecule has 0 bridgehead atoms. The minimum absolute atomic E-state index is 0.0362. The maximum atomic E-state index is 10.8. The summed E-state index contributed by atoms with van der Waals surface area (Å²) in [6.07, 6.45) is 2.74. The van der Waals surface area contributed by atoms with Crippen molar-refractivity contribution in [2.24, 2.45) is 0 Å². The highest BCUT2D eigenvalue weighted by Gasteiger charge is 2.20. The van der Waals surface area contributed by atoms with E-state index in [4.69, 9.17) is 5.11 Å². The molecule has 6 heteroatoms. The van der Waals surface area contributed by atoms with E-state index in [1.54, 1.807) is 11.3 Å². The Morgan fingerprint density at radius 3 is 2.76 bits per heavy atom. The van der Waals surface area contributed by atoms with Crippen molar-refractivity contribution in [3.05, 3.63) is 33.3 Å². The van der Waals surface area contributed by atoms with Gasteiger partial charge in [-0.25, -0.2) is 4.98 Å². The summed E-state index contributed by atoms with van der Waals surface area (Å²) in [4.78, 5) is 17.8. The molecule has 2 heterocycles. The number of thiophene rings is 1. The van der Waals surface area contributed by atoms with Gasteiger partial charge in [-0.2, -0.15) is 0 Å². The molecule has 0 aliphatic rings. The van der Waals surface area contributed by atoms with Gasteiger partial charge in [0, 0.05) is 21.6 Å². The predicted octanol–water partition coefficient (Wildman–Crippen LogP) is 3.91. The van der Waals surface area contributed by atoms with E-state index in [0.29, 0.717) is 0 Å². The summed E-state index contributed by atoms with van der Waals surface area (Å²) in [5, 5.41) is 9.66. The summed E-state index contributed by atoms with van der Waals surface area (Å²) in [6, 6.07) is 2.39. The van der Waals surface area contributed by atoms with Crippen molar-refractivity contribution in [3.63, 3.8) is 0 Å². The largest absolute Gasteiger partial charge is 0.481 e. The van der Waals surface area contributed by atoms with E-state index < -0.39 is 5.97 Å². The van der Waals surface area contributed by atoms with Gasteiger partial charge in [0.15, 0.2) is 5.16 Å². The van der Waals surface area contributed by atoms with Gasteiger partial charge in [-0.05, 0) is 38.8 Å². The lowest BCUT2D eigenvalue weighted by atomic mass is 10.1. The van der Waals surface area contributed by atoms with E-state index in [1.807, 2.05) is 6.20 Å². The summed E-state index contributed by atoms with van der Waals surface area (Å²) in [5.74, 6) is -0.781. The second-order valence-corrected chi connectivity index (χ2v) is 7.39. The number of nitrogens with zero attached hydrogens (tertiary/aromatic N) is 2. The van der Waals surface area contributed by atoms with Crippen LogP contribution in [-0.2, 0) is 11.2 Å². The summed E-state index contributed by atoms with van der Waals surface area (Å²) in [7, 11) is 0. The number of carboxylic acids is 1. The number of carboxylic acid groups (broad SMARTS) is 1. The topological polar surface area (TPSA) is 55.1 Å². The second-order valence-electron chi connectivity index (χ2n) is 4.98. The number of hydrogen-bond acceptors (Lipinski definition) is 4. The Balaban J connectivity index is 2.38. The fourth-order valence-corrected chi connectivity index (χ4v) is 4.30. The van der Waals surface area contributed by atoms with Crippen molar-refractivity contribution in [3.8, 4) is 0 Å². The van der Waals surface area contributed by atoms with Gasteiger partial charge >= 0.3 is 5.97 Å². The molecule has 0 saturated carbocycles. The van der Waals surface area contributed by atoms with Gasteiger partial charge in [0.2, 0.25) is 0 Å². The Morgan fingerprint density at radius 1 is 1.52 bits per heavy atom.